The van der Waals surface area contributed by atoms with E-state index in [9.17, 15) is 4.79 Å². The minimum Gasteiger partial charge on any atom is -0.295 e. The van der Waals surface area contributed by atoms with E-state index in [4.69, 9.17) is 0 Å². The smallest absolute Gasteiger partial charge is 0.156 e. The molecule has 0 N–H and O–H groups in total. The van der Waals surface area contributed by atoms with Crippen LogP contribution in [0.3, 0.4) is 0 Å². The Hall–Kier alpha value is -0.850. The van der Waals surface area contributed by atoms with Gasteiger partial charge in [-0.1, -0.05) is 25.2 Å². The average molecular weight is 122 g/mol. The third kappa shape index (κ3) is 1.10. The largest absolute Gasteiger partial charge is 0.295 e. The van der Waals surface area contributed by atoms with Gasteiger partial charge in [0.2, 0.25) is 0 Å². The molecule has 0 aliphatic heterocycles. The zero-order chi connectivity index (χ0) is 6.85. The quantitative estimate of drug-likeness (QED) is 0.517. The van der Waals surface area contributed by atoms with Crippen molar-refractivity contribution in [3.63, 3.8) is 0 Å². The van der Waals surface area contributed by atoms with E-state index in [1.54, 1.807) is 6.92 Å². The van der Waals surface area contributed by atoms with E-state index >= 15 is 0 Å². The number of carbonyl (C=O) groups excluding carboxylic acids is 1. The molecule has 1 nitrogen and oxygen atoms in total. The number of ketones is 1. The summed E-state index contributed by atoms with van der Waals surface area (Å²) in [5, 5.41) is 0. The van der Waals surface area contributed by atoms with Crippen LogP contribution < -0.4 is 0 Å². The standard InChI is InChI=1S/C8H10O/c1-6-4-3-5-8(6)7(2)9/h3-6H,1-2H3. The van der Waals surface area contributed by atoms with E-state index in [1.807, 2.05) is 25.2 Å². The van der Waals surface area contributed by atoms with Gasteiger partial charge in [-0.3, -0.25) is 4.79 Å². The van der Waals surface area contributed by atoms with E-state index in [1.165, 1.54) is 0 Å². The molecule has 0 bridgehead atoms. The van der Waals surface area contributed by atoms with E-state index < -0.39 is 0 Å². The number of rotatable bonds is 1. The van der Waals surface area contributed by atoms with Gasteiger partial charge < -0.3 is 0 Å². The molecule has 9 heavy (non-hydrogen) atoms. The van der Waals surface area contributed by atoms with E-state index in [0.717, 1.165) is 5.57 Å². The molecule has 1 atom stereocenters. The first-order chi connectivity index (χ1) is 4.22. The van der Waals surface area contributed by atoms with Crippen LogP contribution in [0.5, 0.6) is 0 Å². The lowest BCUT2D eigenvalue weighted by molar-refractivity contribution is -0.113. The summed E-state index contributed by atoms with van der Waals surface area (Å²) < 4.78 is 0. The van der Waals surface area contributed by atoms with Crippen LogP contribution in [-0.2, 0) is 4.79 Å². The molecule has 0 spiro atoms. The molecule has 1 unspecified atom stereocenters. The molecule has 0 fully saturated rings. The molecular formula is C8H10O. The van der Waals surface area contributed by atoms with Crippen LogP contribution in [0.1, 0.15) is 13.8 Å². The topological polar surface area (TPSA) is 17.1 Å². The summed E-state index contributed by atoms with van der Waals surface area (Å²) >= 11 is 0. The predicted octanol–water partition coefficient (Wildman–Crippen LogP) is 1.71. The highest BCUT2D eigenvalue weighted by Gasteiger charge is 2.12. The van der Waals surface area contributed by atoms with Crippen LogP contribution in [0.25, 0.3) is 0 Å². The molecule has 1 aliphatic rings. The molecule has 1 heteroatoms. The van der Waals surface area contributed by atoms with Gasteiger partial charge in [0.15, 0.2) is 5.78 Å². The monoisotopic (exact) mass is 122 g/mol. The fourth-order valence-electron chi connectivity index (χ4n) is 1.02. The van der Waals surface area contributed by atoms with Crippen molar-refractivity contribution >= 4 is 5.78 Å². The van der Waals surface area contributed by atoms with Crippen molar-refractivity contribution < 1.29 is 4.79 Å². The van der Waals surface area contributed by atoms with Crippen molar-refractivity contribution in [1.29, 1.82) is 0 Å². The lowest BCUT2D eigenvalue weighted by Gasteiger charge is -2.01. The van der Waals surface area contributed by atoms with Gasteiger partial charge in [0.1, 0.15) is 0 Å². The van der Waals surface area contributed by atoms with Gasteiger partial charge in [0, 0.05) is 11.5 Å². The SMILES string of the molecule is CC(=O)C1=CC=CC1C. The van der Waals surface area contributed by atoms with E-state index in [-0.39, 0.29) is 5.78 Å². The average Bonchev–Trinajstić information content (AvgIpc) is 2.13. The first kappa shape index (κ1) is 6.27. The molecule has 0 radical (unpaired) electrons. The molecule has 1 aliphatic carbocycles. The number of Topliss-reactive ketones (excluding diaryl/α,β-unsaturated/α-hetero) is 1. The summed E-state index contributed by atoms with van der Waals surface area (Å²) in [5.41, 5.74) is 0.926. The maximum atomic E-state index is 10.7. The zero-order valence-electron chi connectivity index (χ0n) is 5.72. The van der Waals surface area contributed by atoms with Crippen molar-refractivity contribution in [1.82, 2.24) is 0 Å². The Morgan fingerprint density at radius 2 is 2.33 bits per heavy atom. The highest BCUT2D eigenvalue weighted by atomic mass is 16.1. The number of hydrogen-bond donors (Lipinski definition) is 0. The Bertz CT molecular complexity index is 187. The maximum absolute atomic E-state index is 10.7. The summed E-state index contributed by atoms with van der Waals surface area (Å²) in [7, 11) is 0. The number of carbonyl (C=O) groups is 1. The van der Waals surface area contributed by atoms with Crippen molar-refractivity contribution in [2.45, 2.75) is 13.8 Å². The molecule has 0 aromatic carbocycles. The Morgan fingerprint density at radius 3 is 2.56 bits per heavy atom. The fourth-order valence-corrected chi connectivity index (χ4v) is 1.02. The molecule has 1 rings (SSSR count). The van der Waals surface area contributed by atoms with Crippen LogP contribution in [0.4, 0.5) is 0 Å². The van der Waals surface area contributed by atoms with E-state index in [2.05, 4.69) is 0 Å². The molecule has 0 aromatic rings. The number of hydrogen-bond acceptors (Lipinski definition) is 1. The Labute approximate surface area is 55.1 Å². The van der Waals surface area contributed by atoms with Crippen LogP contribution in [0, 0.1) is 5.92 Å². The van der Waals surface area contributed by atoms with Gasteiger partial charge >= 0.3 is 0 Å². The fraction of sp³-hybridized carbons (Fsp3) is 0.375. The summed E-state index contributed by atoms with van der Waals surface area (Å²) in [6, 6.07) is 0. The van der Waals surface area contributed by atoms with Crippen LogP contribution in [-0.4, -0.2) is 5.78 Å². The summed E-state index contributed by atoms with van der Waals surface area (Å²) in [5.74, 6) is 0.523. The van der Waals surface area contributed by atoms with Gasteiger partial charge in [-0.15, -0.1) is 0 Å². The molecule has 0 aromatic heterocycles. The van der Waals surface area contributed by atoms with Gasteiger partial charge in [0.05, 0.1) is 0 Å². The number of allylic oxidation sites excluding steroid dienone is 4. The van der Waals surface area contributed by atoms with E-state index in [0.29, 0.717) is 5.92 Å². The third-order valence-electron chi connectivity index (χ3n) is 1.57. The van der Waals surface area contributed by atoms with Crippen molar-refractivity contribution in [3.05, 3.63) is 23.8 Å². The summed E-state index contributed by atoms with van der Waals surface area (Å²) in [6.07, 6.45) is 5.84. The van der Waals surface area contributed by atoms with Gasteiger partial charge in [-0.05, 0) is 6.92 Å². The van der Waals surface area contributed by atoms with Crippen LogP contribution >= 0.6 is 0 Å². The molecule has 0 amide bonds. The summed E-state index contributed by atoms with van der Waals surface area (Å²) in [4.78, 5) is 10.7. The molecular weight excluding hydrogens is 112 g/mol. The first-order valence-corrected chi connectivity index (χ1v) is 3.11. The Morgan fingerprint density at radius 1 is 1.67 bits per heavy atom. The second-order valence-electron chi connectivity index (χ2n) is 2.35. The normalized spacial score (nSPS) is 24.2. The highest BCUT2D eigenvalue weighted by molar-refractivity contribution is 5.95. The van der Waals surface area contributed by atoms with Crippen molar-refractivity contribution in [3.8, 4) is 0 Å². The lowest BCUT2D eigenvalue weighted by atomic mass is 10.0. The highest BCUT2D eigenvalue weighted by Crippen LogP contribution is 2.18. The zero-order valence-corrected chi connectivity index (χ0v) is 5.72. The maximum Gasteiger partial charge on any atom is 0.156 e. The molecule has 0 saturated carbocycles. The van der Waals surface area contributed by atoms with Crippen molar-refractivity contribution in [2.75, 3.05) is 0 Å². The lowest BCUT2D eigenvalue weighted by Crippen LogP contribution is -2.01. The van der Waals surface area contributed by atoms with Crippen molar-refractivity contribution in [2.24, 2.45) is 5.92 Å². The van der Waals surface area contributed by atoms with Gasteiger partial charge in [-0.2, -0.15) is 0 Å². The second-order valence-corrected chi connectivity index (χ2v) is 2.35. The Kier molecular flexibility index (Phi) is 1.52. The second kappa shape index (κ2) is 2.18. The minimum atomic E-state index is 0.188. The van der Waals surface area contributed by atoms with Crippen LogP contribution in [0.2, 0.25) is 0 Å². The molecule has 0 saturated heterocycles. The third-order valence-corrected chi connectivity index (χ3v) is 1.57. The molecule has 48 valence electrons. The predicted molar refractivity (Wildman–Crippen MR) is 37.1 cm³/mol. The van der Waals surface area contributed by atoms with Crippen LogP contribution in [0.15, 0.2) is 23.8 Å². The van der Waals surface area contributed by atoms with Gasteiger partial charge in [0.25, 0.3) is 0 Å². The Balaban J connectivity index is 2.76. The first-order valence-electron chi connectivity index (χ1n) is 3.11. The summed E-state index contributed by atoms with van der Waals surface area (Å²) in [6.45, 7) is 3.63. The van der Waals surface area contributed by atoms with Gasteiger partial charge in [-0.25, -0.2) is 0 Å². The molecule has 0 heterocycles. The minimum absolute atomic E-state index is 0.188.